The van der Waals surface area contributed by atoms with Gasteiger partial charge in [0.15, 0.2) is 0 Å². The monoisotopic (exact) mass is 350 g/mol. The molecule has 0 fully saturated rings. The molecular weight excluding hydrogens is 340 g/mol. The van der Waals surface area contributed by atoms with E-state index in [4.69, 9.17) is 4.42 Å². The third-order valence-corrected chi connectivity index (χ3v) is 4.34. The highest BCUT2D eigenvalue weighted by molar-refractivity contribution is 9.09. The molecule has 0 aliphatic carbocycles. The van der Waals surface area contributed by atoms with Crippen LogP contribution in [0.1, 0.15) is 28.1 Å². The van der Waals surface area contributed by atoms with E-state index in [0.29, 0.717) is 18.6 Å². The predicted octanol–water partition coefficient (Wildman–Crippen LogP) is 3.56. The first-order valence-electron chi connectivity index (χ1n) is 6.35. The molecule has 0 spiro atoms. The van der Waals surface area contributed by atoms with Gasteiger partial charge in [-0.05, 0) is 29.7 Å². The van der Waals surface area contributed by atoms with Crippen molar-refractivity contribution in [1.29, 1.82) is 0 Å². The number of carbonyl (C=O) groups is 1. The van der Waals surface area contributed by atoms with Gasteiger partial charge >= 0.3 is 5.88 Å². The van der Waals surface area contributed by atoms with E-state index in [0.717, 1.165) is 16.8 Å². The highest BCUT2D eigenvalue weighted by atomic mass is 79.9. The third kappa shape index (κ3) is 2.69. The number of nitrogens with one attached hydrogen (secondary N) is 1. The Kier molecular flexibility index (Phi) is 3.50. The van der Waals surface area contributed by atoms with Gasteiger partial charge in [-0.25, -0.2) is 0 Å². The highest BCUT2D eigenvalue weighted by Gasteiger charge is 2.21. The SMILES string of the molecule is O=C1CCc2cc(C(Br)c3ccc([N+](=O)[O-])o3)ccc2N1. The second-order valence-electron chi connectivity index (χ2n) is 4.76. The Morgan fingerprint density at radius 3 is 2.81 bits per heavy atom. The fraction of sp³-hybridized carbons (Fsp3) is 0.214. The molecule has 108 valence electrons. The number of hydrogen-bond acceptors (Lipinski definition) is 4. The minimum absolute atomic E-state index is 0.0206. The molecule has 0 saturated heterocycles. The Bertz CT molecular complexity index is 726. The molecule has 1 aliphatic rings. The number of alkyl halides is 1. The van der Waals surface area contributed by atoms with E-state index in [1.165, 1.54) is 6.07 Å². The summed E-state index contributed by atoms with van der Waals surface area (Å²) in [6.45, 7) is 0. The Labute approximate surface area is 128 Å². The molecule has 0 saturated carbocycles. The summed E-state index contributed by atoms with van der Waals surface area (Å²) < 4.78 is 5.21. The summed E-state index contributed by atoms with van der Waals surface area (Å²) >= 11 is 3.49. The zero-order chi connectivity index (χ0) is 15.0. The smallest absolute Gasteiger partial charge is 0.404 e. The molecule has 0 radical (unpaired) electrons. The van der Waals surface area contributed by atoms with Gasteiger partial charge in [-0.1, -0.05) is 28.1 Å². The molecule has 0 bridgehead atoms. The van der Waals surface area contributed by atoms with E-state index in [2.05, 4.69) is 21.2 Å². The number of carbonyl (C=O) groups excluding carboxylic acids is 1. The number of amides is 1. The normalized spacial score (nSPS) is 15.2. The first kappa shape index (κ1) is 13.8. The van der Waals surface area contributed by atoms with E-state index in [1.807, 2.05) is 18.2 Å². The van der Waals surface area contributed by atoms with Crippen LogP contribution in [0.25, 0.3) is 0 Å². The van der Waals surface area contributed by atoms with Crippen LogP contribution in [0, 0.1) is 10.1 Å². The first-order valence-corrected chi connectivity index (χ1v) is 7.27. The van der Waals surface area contributed by atoms with E-state index >= 15 is 0 Å². The van der Waals surface area contributed by atoms with Crippen LogP contribution in [0.5, 0.6) is 0 Å². The highest BCUT2D eigenvalue weighted by Crippen LogP contribution is 2.36. The molecule has 3 rings (SSSR count). The van der Waals surface area contributed by atoms with Gasteiger partial charge in [0.1, 0.15) is 10.7 Å². The lowest BCUT2D eigenvalue weighted by Gasteiger charge is -2.18. The zero-order valence-corrected chi connectivity index (χ0v) is 12.4. The van der Waals surface area contributed by atoms with Crippen molar-refractivity contribution in [2.45, 2.75) is 17.7 Å². The number of anilines is 1. The molecule has 1 N–H and O–H groups in total. The number of hydrogen-bond donors (Lipinski definition) is 1. The third-order valence-electron chi connectivity index (χ3n) is 3.36. The van der Waals surface area contributed by atoms with Crippen LogP contribution in [-0.2, 0) is 11.2 Å². The molecule has 1 aromatic carbocycles. The van der Waals surface area contributed by atoms with Crippen molar-refractivity contribution >= 4 is 33.4 Å². The fourth-order valence-electron chi connectivity index (χ4n) is 2.30. The van der Waals surface area contributed by atoms with Crippen molar-refractivity contribution in [3.05, 3.63) is 57.3 Å². The maximum Gasteiger partial charge on any atom is 0.433 e. The molecule has 21 heavy (non-hydrogen) atoms. The van der Waals surface area contributed by atoms with Gasteiger partial charge in [0, 0.05) is 12.1 Å². The summed E-state index contributed by atoms with van der Waals surface area (Å²) in [7, 11) is 0. The maximum atomic E-state index is 11.3. The van der Waals surface area contributed by atoms with Crippen LogP contribution in [0.4, 0.5) is 11.6 Å². The quantitative estimate of drug-likeness (QED) is 0.521. The predicted molar refractivity (Wildman–Crippen MR) is 79.5 cm³/mol. The number of aryl methyl sites for hydroxylation is 1. The van der Waals surface area contributed by atoms with Crippen LogP contribution in [-0.4, -0.2) is 10.8 Å². The Balaban J connectivity index is 1.89. The lowest BCUT2D eigenvalue weighted by molar-refractivity contribution is -0.402. The minimum atomic E-state index is -0.564. The summed E-state index contributed by atoms with van der Waals surface area (Å²) in [6, 6.07) is 8.59. The summed E-state index contributed by atoms with van der Waals surface area (Å²) in [5.74, 6) is 0.216. The van der Waals surface area contributed by atoms with Gasteiger partial charge in [0.2, 0.25) is 5.91 Å². The zero-order valence-electron chi connectivity index (χ0n) is 10.8. The molecule has 2 heterocycles. The van der Waals surface area contributed by atoms with Crippen molar-refractivity contribution in [2.24, 2.45) is 0 Å². The molecule has 1 aliphatic heterocycles. The summed E-state index contributed by atoms with van der Waals surface area (Å²) in [5.41, 5.74) is 2.80. The second kappa shape index (κ2) is 5.33. The molecule has 7 heteroatoms. The standard InChI is InChI=1S/C14H11BrN2O4/c15-14(11-4-6-13(21-11)17(19)20)9-1-3-10-8(7-9)2-5-12(18)16-10/h1,3-4,6-7,14H,2,5H2,(H,16,18). The number of furan rings is 1. The van der Waals surface area contributed by atoms with Crippen molar-refractivity contribution in [3.63, 3.8) is 0 Å². The summed E-state index contributed by atoms with van der Waals surface area (Å²) in [6.07, 6.45) is 1.16. The van der Waals surface area contributed by atoms with Crippen LogP contribution in [0.15, 0.2) is 34.7 Å². The van der Waals surface area contributed by atoms with Gasteiger partial charge in [-0.2, -0.15) is 0 Å². The van der Waals surface area contributed by atoms with E-state index < -0.39 is 4.92 Å². The maximum absolute atomic E-state index is 11.3. The molecule has 1 atom stereocenters. The molecular formula is C14H11BrN2O4. The van der Waals surface area contributed by atoms with Gasteiger partial charge in [0.25, 0.3) is 0 Å². The van der Waals surface area contributed by atoms with E-state index in [-0.39, 0.29) is 16.6 Å². The average Bonchev–Trinajstić information content (AvgIpc) is 2.96. The summed E-state index contributed by atoms with van der Waals surface area (Å²) in [4.78, 5) is 21.2. The van der Waals surface area contributed by atoms with Crippen molar-refractivity contribution in [2.75, 3.05) is 5.32 Å². The van der Waals surface area contributed by atoms with E-state index in [1.54, 1.807) is 6.07 Å². The van der Waals surface area contributed by atoms with Crippen LogP contribution in [0.2, 0.25) is 0 Å². The largest absolute Gasteiger partial charge is 0.433 e. The van der Waals surface area contributed by atoms with Crippen LogP contribution < -0.4 is 5.32 Å². The minimum Gasteiger partial charge on any atom is -0.404 e. The average molecular weight is 351 g/mol. The summed E-state index contributed by atoms with van der Waals surface area (Å²) in [5, 5.41) is 13.5. The number of benzene rings is 1. The molecule has 2 aromatic rings. The first-order chi connectivity index (χ1) is 10.0. The van der Waals surface area contributed by atoms with Gasteiger partial charge in [-0.3, -0.25) is 14.9 Å². The lowest BCUT2D eigenvalue weighted by atomic mass is 9.99. The Morgan fingerprint density at radius 1 is 1.29 bits per heavy atom. The van der Waals surface area contributed by atoms with Gasteiger partial charge in [0.05, 0.1) is 10.9 Å². The van der Waals surface area contributed by atoms with Gasteiger partial charge in [-0.15, -0.1) is 0 Å². The number of nitrogens with zero attached hydrogens (tertiary/aromatic N) is 1. The second-order valence-corrected chi connectivity index (χ2v) is 5.68. The number of fused-ring (bicyclic) bond motifs is 1. The lowest BCUT2D eigenvalue weighted by Crippen LogP contribution is -2.19. The Morgan fingerprint density at radius 2 is 2.10 bits per heavy atom. The number of rotatable bonds is 3. The van der Waals surface area contributed by atoms with Crippen molar-refractivity contribution in [3.8, 4) is 0 Å². The molecule has 1 amide bonds. The van der Waals surface area contributed by atoms with Gasteiger partial charge < -0.3 is 9.73 Å². The number of nitro groups is 1. The van der Waals surface area contributed by atoms with Crippen LogP contribution >= 0.6 is 15.9 Å². The van der Waals surface area contributed by atoms with Crippen molar-refractivity contribution < 1.29 is 14.1 Å². The van der Waals surface area contributed by atoms with Crippen molar-refractivity contribution in [1.82, 2.24) is 0 Å². The molecule has 1 unspecified atom stereocenters. The molecule has 6 nitrogen and oxygen atoms in total. The van der Waals surface area contributed by atoms with Crippen LogP contribution in [0.3, 0.4) is 0 Å². The molecule has 1 aromatic heterocycles. The fourth-order valence-corrected chi connectivity index (χ4v) is 2.83. The topological polar surface area (TPSA) is 85.4 Å². The Hall–Kier alpha value is -2.15. The number of halogens is 1. The van der Waals surface area contributed by atoms with E-state index in [9.17, 15) is 14.9 Å².